The zero-order valence-electron chi connectivity index (χ0n) is 9.41. The number of ether oxygens (including phenoxy) is 1. The van der Waals surface area contributed by atoms with Gasteiger partial charge in [-0.2, -0.15) is 5.26 Å². The fourth-order valence-electron chi connectivity index (χ4n) is 1.37. The van der Waals surface area contributed by atoms with Crippen LogP contribution in [0.15, 0.2) is 36.5 Å². The first-order valence-electron chi connectivity index (χ1n) is 5.08. The summed E-state index contributed by atoms with van der Waals surface area (Å²) in [7, 11) is 0. The number of halogens is 1. The van der Waals surface area contributed by atoms with Crippen LogP contribution in [-0.2, 0) is 0 Å². The Morgan fingerprint density at radius 2 is 2.21 bits per heavy atom. The van der Waals surface area contributed by atoms with Gasteiger partial charge >= 0.3 is 5.69 Å². The topological polar surface area (TPSA) is 89.0 Å². The minimum absolute atomic E-state index is 0.143. The van der Waals surface area contributed by atoms with Crippen LogP contribution in [0, 0.1) is 21.4 Å². The molecule has 0 radical (unpaired) electrons. The van der Waals surface area contributed by atoms with E-state index in [4.69, 9.17) is 21.6 Å². The predicted molar refractivity (Wildman–Crippen MR) is 67.1 cm³/mol. The molecular formula is C12H6ClN3O3. The van der Waals surface area contributed by atoms with Crippen molar-refractivity contribution in [2.75, 3.05) is 0 Å². The number of hydrogen-bond donors (Lipinski definition) is 0. The molecule has 0 spiro atoms. The SMILES string of the molecule is N#Cc1cccc(Oc2ncc(Cl)cc2[N+](=O)[O-])c1. The lowest BCUT2D eigenvalue weighted by atomic mass is 10.2. The van der Waals surface area contributed by atoms with E-state index in [-0.39, 0.29) is 22.3 Å². The smallest absolute Gasteiger partial charge is 0.332 e. The average Bonchev–Trinajstić information content (AvgIpc) is 2.41. The fraction of sp³-hybridized carbons (Fsp3) is 0. The second-order valence-corrected chi connectivity index (χ2v) is 3.91. The van der Waals surface area contributed by atoms with Gasteiger partial charge in [-0.15, -0.1) is 0 Å². The number of nitrogens with zero attached hydrogens (tertiary/aromatic N) is 3. The van der Waals surface area contributed by atoms with Crippen molar-refractivity contribution in [3.63, 3.8) is 0 Å². The molecule has 0 atom stereocenters. The van der Waals surface area contributed by atoms with Gasteiger partial charge in [0.1, 0.15) is 5.75 Å². The number of nitro groups is 1. The maximum Gasteiger partial charge on any atom is 0.332 e. The van der Waals surface area contributed by atoms with Gasteiger partial charge in [0.25, 0.3) is 5.88 Å². The van der Waals surface area contributed by atoms with Crippen molar-refractivity contribution in [2.24, 2.45) is 0 Å². The Kier molecular flexibility index (Phi) is 3.59. The zero-order chi connectivity index (χ0) is 13.8. The monoisotopic (exact) mass is 275 g/mol. The summed E-state index contributed by atoms with van der Waals surface area (Å²) in [6.45, 7) is 0. The molecule has 1 heterocycles. The zero-order valence-corrected chi connectivity index (χ0v) is 10.2. The normalized spacial score (nSPS) is 9.68. The molecule has 0 amide bonds. The summed E-state index contributed by atoms with van der Waals surface area (Å²) in [6.07, 6.45) is 1.25. The average molecular weight is 276 g/mol. The molecule has 6 nitrogen and oxygen atoms in total. The molecule has 0 aliphatic carbocycles. The van der Waals surface area contributed by atoms with Crippen LogP contribution >= 0.6 is 11.6 Å². The number of rotatable bonds is 3. The van der Waals surface area contributed by atoms with Gasteiger partial charge in [-0.1, -0.05) is 17.7 Å². The van der Waals surface area contributed by atoms with Gasteiger partial charge in [0.15, 0.2) is 0 Å². The van der Waals surface area contributed by atoms with E-state index in [1.165, 1.54) is 12.3 Å². The molecule has 0 fully saturated rings. The van der Waals surface area contributed by atoms with E-state index in [0.29, 0.717) is 5.56 Å². The van der Waals surface area contributed by atoms with Crippen LogP contribution in [0.25, 0.3) is 0 Å². The fourth-order valence-corrected chi connectivity index (χ4v) is 1.52. The van der Waals surface area contributed by atoms with Crippen molar-refractivity contribution >= 4 is 17.3 Å². The quantitative estimate of drug-likeness (QED) is 0.633. The molecule has 0 unspecified atom stereocenters. The van der Waals surface area contributed by atoms with Gasteiger partial charge in [-0.25, -0.2) is 4.98 Å². The highest BCUT2D eigenvalue weighted by molar-refractivity contribution is 6.30. The summed E-state index contributed by atoms with van der Waals surface area (Å²) in [5, 5.41) is 19.8. The maximum atomic E-state index is 10.9. The number of pyridine rings is 1. The molecule has 1 aromatic heterocycles. The van der Waals surface area contributed by atoms with Gasteiger partial charge < -0.3 is 4.74 Å². The van der Waals surface area contributed by atoms with Crippen LogP contribution in [0.5, 0.6) is 11.6 Å². The van der Waals surface area contributed by atoms with Crippen molar-refractivity contribution in [1.29, 1.82) is 5.26 Å². The molecule has 2 rings (SSSR count). The van der Waals surface area contributed by atoms with E-state index in [2.05, 4.69) is 4.98 Å². The number of aromatic nitrogens is 1. The largest absolute Gasteiger partial charge is 0.434 e. The number of benzene rings is 1. The summed E-state index contributed by atoms with van der Waals surface area (Å²) in [4.78, 5) is 14.0. The Labute approximate surface area is 113 Å². The Balaban J connectivity index is 2.38. The van der Waals surface area contributed by atoms with Crippen molar-refractivity contribution in [3.8, 4) is 17.7 Å². The van der Waals surface area contributed by atoms with Crippen LogP contribution in [0.1, 0.15) is 5.56 Å². The highest BCUT2D eigenvalue weighted by atomic mass is 35.5. The summed E-state index contributed by atoms with van der Waals surface area (Å²) in [5.41, 5.74) is 0.0453. The molecule has 94 valence electrons. The highest BCUT2D eigenvalue weighted by Gasteiger charge is 2.18. The van der Waals surface area contributed by atoms with Gasteiger partial charge in [-0.05, 0) is 18.2 Å². The van der Waals surface area contributed by atoms with Gasteiger partial charge in [0.2, 0.25) is 0 Å². The van der Waals surface area contributed by atoms with Crippen LogP contribution in [0.4, 0.5) is 5.69 Å². The molecule has 7 heteroatoms. The molecule has 0 saturated heterocycles. The highest BCUT2D eigenvalue weighted by Crippen LogP contribution is 2.31. The molecule has 0 N–H and O–H groups in total. The van der Waals surface area contributed by atoms with Crippen LogP contribution < -0.4 is 4.74 Å². The first kappa shape index (κ1) is 12.8. The minimum atomic E-state index is -0.637. The van der Waals surface area contributed by atoms with Crippen LogP contribution in [-0.4, -0.2) is 9.91 Å². The van der Waals surface area contributed by atoms with Crippen LogP contribution in [0.3, 0.4) is 0 Å². The van der Waals surface area contributed by atoms with Crippen molar-refractivity contribution in [3.05, 3.63) is 57.2 Å². The summed E-state index contributed by atoms with van der Waals surface area (Å²) >= 11 is 5.65. The van der Waals surface area contributed by atoms with E-state index >= 15 is 0 Å². The van der Waals surface area contributed by atoms with Gasteiger partial charge in [0.05, 0.1) is 27.8 Å². The second-order valence-electron chi connectivity index (χ2n) is 3.48. The van der Waals surface area contributed by atoms with E-state index in [1.54, 1.807) is 18.2 Å². The molecule has 19 heavy (non-hydrogen) atoms. The Morgan fingerprint density at radius 1 is 1.42 bits per heavy atom. The molecule has 0 bridgehead atoms. The predicted octanol–water partition coefficient (Wildman–Crippen LogP) is 3.31. The van der Waals surface area contributed by atoms with Crippen molar-refractivity contribution in [1.82, 2.24) is 4.98 Å². The molecular weight excluding hydrogens is 270 g/mol. The lowest BCUT2D eigenvalue weighted by Gasteiger charge is -2.05. The van der Waals surface area contributed by atoms with Gasteiger partial charge in [0, 0.05) is 6.07 Å². The van der Waals surface area contributed by atoms with E-state index in [0.717, 1.165) is 6.07 Å². The number of hydrogen-bond acceptors (Lipinski definition) is 5. The van der Waals surface area contributed by atoms with Crippen LogP contribution in [0.2, 0.25) is 5.02 Å². The standard InChI is InChI=1S/C12H6ClN3O3/c13-9-5-11(16(17)18)12(15-7-9)19-10-3-1-2-8(4-10)6-14/h1-5,7H. The molecule has 1 aromatic carbocycles. The minimum Gasteiger partial charge on any atom is -0.434 e. The first-order valence-corrected chi connectivity index (χ1v) is 5.46. The Hall–Kier alpha value is -2.65. The summed E-state index contributed by atoms with van der Waals surface area (Å²) < 4.78 is 5.31. The molecule has 0 aliphatic rings. The van der Waals surface area contributed by atoms with Crippen molar-refractivity contribution < 1.29 is 9.66 Å². The third-order valence-corrected chi connectivity index (χ3v) is 2.38. The second kappa shape index (κ2) is 5.33. The third-order valence-electron chi connectivity index (χ3n) is 2.17. The lowest BCUT2D eigenvalue weighted by molar-refractivity contribution is -0.386. The molecule has 2 aromatic rings. The van der Waals surface area contributed by atoms with E-state index in [1.807, 2.05) is 6.07 Å². The van der Waals surface area contributed by atoms with Crippen molar-refractivity contribution in [2.45, 2.75) is 0 Å². The van der Waals surface area contributed by atoms with E-state index < -0.39 is 4.92 Å². The Morgan fingerprint density at radius 3 is 2.89 bits per heavy atom. The lowest BCUT2D eigenvalue weighted by Crippen LogP contribution is -1.96. The summed E-state index contributed by atoms with van der Waals surface area (Å²) in [6, 6.07) is 9.32. The van der Waals surface area contributed by atoms with E-state index in [9.17, 15) is 10.1 Å². The molecule has 0 saturated carbocycles. The maximum absolute atomic E-state index is 10.9. The first-order chi connectivity index (χ1) is 9.10. The third kappa shape index (κ3) is 2.97. The molecule has 0 aliphatic heterocycles. The Bertz CT molecular complexity index is 682. The van der Waals surface area contributed by atoms with Gasteiger partial charge in [-0.3, -0.25) is 10.1 Å². The number of nitriles is 1. The summed E-state index contributed by atoms with van der Waals surface area (Å²) in [5.74, 6) is 0.112.